The van der Waals surface area contributed by atoms with Gasteiger partial charge in [-0.2, -0.15) is 0 Å². The minimum Gasteiger partial charge on any atom is -0.489 e. The molecule has 0 radical (unpaired) electrons. The largest absolute Gasteiger partial charge is 0.489 e. The lowest BCUT2D eigenvalue weighted by Gasteiger charge is -2.14. The van der Waals surface area contributed by atoms with Gasteiger partial charge in [0.1, 0.15) is 12.4 Å². The predicted octanol–water partition coefficient (Wildman–Crippen LogP) is 4.41. The number of nitrogens with one attached hydrogen (secondary N) is 2. The summed E-state index contributed by atoms with van der Waals surface area (Å²) in [6, 6.07) is 22.9. The van der Waals surface area contributed by atoms with E-state index in [4.69, 9.17) is 9.47 Å². The second kappa shape index (κ2) is 10.8. The van der Waals surface area contributed by atoms with Gasteiger partial charge in [-0.15, -0.1) is 0 Å². The van der Waals surface area contributed by atoms with E-state index in [2.05, 4.69) is 10.6 Å². The predicted molar refractivity (Wildman–Crippen MR) is 121 cm³/mol. The molecule has 1 atom stereocenters. The van der Waals surface area contributed by atoms with E-state index in [9.17, 15) is 14.4 Å². The molecule has 7 heteroatoms. The van der Waals surface area contributed by atoms with Crippen LogP contribution in [0.15, 0.2) is 78.9 Å². The second-order valence-corrected chi connectivity index (χ2v) is 7.09. The van der Waals surface area contributed by atoms with Crippen molar-refractivity contribution in [2.75, 3.05) is 10.6 Å². The minimum atomic E-state index is -0.994. The molecule has 0 aliphatic rings. The van der Waals surface area contributed by atoms with Gasteiger partial charge in [0, 0.05) is 18.3 Å². The summed E-state index contributed by atoms with van der Waals surface area (Å²) < 4.78 is 11.0. The van der Waals surface area contributed by atoms with Crippen molar-refractivity contribution in [2.24, 2.45) is 0 Å². The monoisotopic (exact) mass is 432 g/mol. The van der Waals surface area contributed by atoms with Crippen LogP contribution in [0, 0.1) is 0 Å². The molecule has 0 saturated heterocycles. The lowest BCUT2D eigenvalue weighted by atomic mass is 10.2. The number of hydrogen-bond donors (Lipinski definition) is 2. The van der Waals surface area contributed by atoms with Crippen LogP contribution in [0.25, 0.3) is 0 Å². The molecule has 164 valence electrons. The van der Waals surface area contributed by atoms with Crippen molar-refractivity contribution in [1.82, 2.24) is 0 Å². The zero-order valence-corrected chi connectivity index (χ0v) is 17.8. The molecule has 32 heavy (non-hydrogen) atoms. The molecule has 0 bridgehead atoms. The number of esters is 1. The highest BCUT2D eigenvalue weighted by Gasteiger charge is 2.19. The van der Waals surface area contributed by atoms with Gasteiger partial charge in [-0.05, 0) is 61.0 Å². The van der Waals surface area contributed by atoms with E-state index in [-0.39, 0.29) is 5.91 Å². The van der Waals surface area contributed by atoms with Crippen LogP contribution in [0.3, 0.4) is 0 Å². The zero-order valence-electron chi connectivity index (χ0n) is 17.8. The summed E-state index contributed by atoms with van der Waals surface area (Å²) in [6.45, 7) is 3.33. The number of carbonyl (C=O) groups excluding carboxylic acids is 3. The maximum atomic E-state index is 12.4. The highest BCUT2D eigenvalue weighted by molar-refractivity contribution is 5.97. The van der Waals surface area contributed by atoms with Crippen LogP contribution in [0.5, 0.6) is 5.75 Å². The summed E-state index contributed by atoms with van der Waals surface area (Å²) in [5.74, 6) is -0.631. The number of benzene rings is 3. The molecule has 2 N–H and O–H groups in total. The van der Waals surface area contributed by atoms with Crippen molar-refractivity contribution in [2.45, 2.75) is 26.6 Å². The summed E-state index contributed by atoms with van der Waals surface area (Å²) in [7, 11) is 0. The highest BCUT2D eigenvalue weighted by Crippen LogP contribution is 2.17. The van der Waals surface area contributed by atoms with Crippen molar-refractivity contribution in [3.8, 4) is 5.75 Å². The summed E-state index contributed by atoms with van der Waals surface area (Å²) in [6.07, 6.45) is -0.994. The molecule has 0 heterocycles. The molecule has 3 aromatic carbocycles. The van der Waals surface area contributed by atoms with Crippen molar-refractivity contribution in [1.29, 1.82) is 0 Å². The Labute approximate surface area is 186 Å². The van der Waals surface area contributed by atoms with Gasteiger partial charge < -0.3 is 20.1 Å². The van der Waals surface area contributed by atoms with Crippen molar-refractivity contribution < 1.29 is 23.9 Å². The molecule has 2 amide bonds. The first-order valence-corrected chi connectivity index (χ1v) is 10.1. The number of hydrogen-bond acceptors (Lipinski definition) is 5. The Morgan fingerprint density at radius 1 is 0.812 bits per heavy atom. The fraction of sp³-hybridized carbons (Fsp3) is 0.160. The lowest BCUT2D eigenvalue weighted by molar-refractivity contribution is -0.123. The fourth-order valence-corrected chi connectivity index (χ4v) is 2.79. The Hall–Kier alpha value is -4.13. The van der Waals surface area contributed by atoms with Crippen LogP contribution >= 0.6 is 0 Å². The Morgan fingerprint density at radius 2 is 1.41 bits per heavy atom. The number of amides is 2. The average molecular weight is 432 g/mol. The van der Waals surface area contributed by atoms with Crippen molar-refractivity contribution >= 4 is 29.2 Å². The number of anilines is 2. The van der Waals surface area contributed by atoms with Gasteiger partial charge in [0.2, 0.25) is 5.91 Å². The van der Waals surface area contributed by atoms with Gasteiger partial charge >= 0.3 is 5.97 Å². The first-order valence-electron chi connectivity index (χ1n) is 10.1. The molecule has 0 aliphatic heterocycles. The fourth-order valence-electron chi connectivity index (χ4n) is 2.79. The van der Waals surface area contributed by atoms with E-state index < -0.39 is 18.0 Å². The van der Waals surface area contributed by atoms with E-state index in [0.717, 1.165) is 5.56 Å². The van der Waals surface area contributed by atoms with Crippen LogP contribution in [0.2, 0.25) is 0 Å². The normalized spacial score (nSPS) is 11.2. The summed E-state index contributed by atoms with van der Waals surface area (Å²) >= 11 is 0. The second-order valence-electron chi connectivity index (χ2n) is 7.09. The van der Waals surface area contributed by atoms with Gasteiger partial charge in [0.15, 0.2) is 6.10 Å². The third kappa shape index (κ3) is 6.70. The van der Waals surface area contributed by atoms with Crippen LogP contribution in [0.1, 0.15) is 29.8 Å². The molecule has 0 fully saturated rings. The Kier molecular flexibility index (Phi) is 7.59. The maximum absolute atomic E-state index is 12.4. The third-order valence-electron chi connectivity index (χ3n) is 4.46. The molecular formula is C25H24N2O5. The first-order chi connectivity index (χ1) is 15.4. The first kappa shape index (κ1) is 22.6. The standard InChI is InChI=1S/C25H24N2O5/c1-17(24(29)27-22-12-10-21(11-13-22)26-18(2)28)32-25(30)20-8-14-23(15-9-20)31-16-19-6-4-3-5-7-19/h3-15,17H,16H2,1-2H3,(H,26,28)(H,27,29). The molecule has 0 spiro atoms. The Balaban J connectivity index is 1.49. The molecular weight excluding hydrogens is 408 g/mol. The van der Waals surface area contributed by atoms with E-state index in [1.54, 1.807) is 48.5 Å². The topological polar surface area (TPSA) is 93.7 Å². The Bertz CT molecular complexity index is 1060. The number of rotatable bonds is 8. The average Bonchev–Trinajstić information content (AvgIpc) is 2.79. The van der Waals surface area contributed by atoms with Crippen LogP contribution in [-0.4, -0.2) is 23.9 Å². The highest BCUT2D eigenvalue weighted by atomic mass is 16.5. The quantitative estimate of drug-likeness (QED) is 0.515. The van der Waals surface area contributed by atoms with Gasteiger partial charge in [-0.3, -0.25) is 9.59 Å². The van der Waals surface area contributed by atoms with Gasteiger partial charge in [0.05, 0.1) is 5.56 Å². The van der Waals surface area contributed by atoms with Crippen LogP contribution in [-0.2, 0) is 20.9 Å². The Morgan fingerprint density at radius 3 is 2.00 bits per heavy atom. The SMILES string of the molecule is CC(=O)Nc1ccc(NC(=O)C(C)OC(=O)c2ccc(OCc3ccccc3)cc2)cc1. The summed E-state index contributed by atoms with van der Waals surface area (Å²) in [4.78, 5) is 35.8. The van der Waals surface area contributed by atoms with Gasteiger partial charge in [-0.1, -0.05) is 30.3 Å². The van der Waals surface area contributed by atoms with Crippen LogP contribution < -0.4 is 15.4 Å². The van der Waals surface area contributed by atoms with E-state index >= 15 is 0 Å². The van der Waals surface area contributed by atoms with Gasteiger partial charge in [0.25, 0.3) is 5.91 Å². The van der Waals surface area contributed by atoms with E-state index in [1.807, 2.05) is 30.3 Å². The number of ether oxygens (including phenoxy) is 2. The maximum Gasteiger partial charge on any atom is 0.338 e. The molecule has 1 unspecified atom stereocenters. The van der Waals surface area contributed by atoms with E-state index in [1.165, 1.54) is 13.8 Å². The summed E-state index contributed by atoms with van der Waals surface area (Å²) in [5, 5.41) is 5.31. The van der Waals surface area contributed by atoms with Crippen molar-refractivity contribution in [3.63, 3.8) is 0 Å². The lowest BCUT2D eigenvalue weighted by Crippen LogP contribution is -2.30. The molecule has 0 aliphatic carbocycles. The molecule has 3 rings (SSSR count). The smallest absolute Gasteiger partial charge is 0.338 e. The minimum absolute atomic E-state index is 0.182. The molecule has 0 saturated carbocycles. The molecule has 0 aromatic heterocycles. The van der Waals surface area contributed by atoms with Crippen molar-refractivity contribution in [3.05, 3.63) is 90.0 Å². The summed E-state index contributed by atoms with van der Waals surface area (Å²) in [5.41, 5.74) is 2.50. The zero-order chi connectivity index (χ0) is 22.9. The van der Waals surface area contributed by atoms with Gasteiger partial charge in [-0.25, -0.2) is 4.79 Å². The molecule has 3 aromatic rings. The van der Waals surface area contributed by atoms with Crippen LogP contribution in [0.4, 0.5) is 11.4 Å². The number of carbonyl (C=O) groups is 3. The van der Waals surface area contributed by atoms with E-state index in [0.29, 0.717) is 29.3 Å². The molecule has 7 nitrogen and oxygen atoms in total. The third-order valence-corrected chi connectivity index (χ3v) is 4.46.